The number of ketones is 2. The maximum atomic E-state index is 15.4. The van der Waals surface area contributed by atoms with Gasteiger partial charge in [-0.05, 0) is 74.3 Å². The molecule has 3 aliphatic heterocycles. The summed E-state index contributed by atoms with van der Waals surface area (Å²) in [7, 11) is 0. The molecule has 0 radical (unpaired) electrons. The molecule has 7 amide bonds. The van der Waals surface area contributed by atoms with Crippen LogP contribution in [0.4, 0.5) is 4.39 Å². The number of amides is 7. The Morgan fingerprint density at radius 1 is 0.810 bits per heavy atom. The van der Waals surface area contributed by atoms with Crippen LogP contribution in [0.3, 0.4) is 0 Å². The highest BCUT2D eigenvalue weighted by Crippen LogP contribution is 2.46. The molecule has 0 bridgehead atoms. The number of esters is 1. The van der Waals surface area contributed by atoms with Crippen molar-refractivity contribution in [1.29, 1.82) is 0 Å². The van der Waals surface area contributed by atoms with Crippen molar-refractivity contribution in [3.8, 4) is 11.4 Å². The van der Waals surface area contributed by atoms with E-state index in [1.807, 2.05) is 0 Å². The number of carbonyl (C=O) groups excluding carboxylic acids is 10. The van der Waals surface area contributed by atoms with Crippen LogP contribution in [0.25, 0.3) is 22.3 Å². The summed E-state index contributed by atoms with van der Waals surface area (Å²) in [6, 6.07) is 10.3. The molecule has 2 aromatic heterocycles. The van der Waals surface area contributed by atoms with Gasteiger partial charge in [-0.15, -0.1) is 0 Å². The van der Waals surface area contributed by atoms with Gasteiger partial charge >= 0.3 is 5.97 Å². The van der Waals surface area contributed by atoms with Crippen molar-refractivity contribution in [1.82, 2.24) is 41.0 Å². The van der Waals surface area contributed by atoms with E-state index >= 15 is 4.39 Å². The summed E-state index contributed by atoms with van der Waals surface area (Å²) in [6.07, 6.45) is 1.53. The fraction of sp³-hybridized carbons (Fsp3) is 0.467. The number of aliphatic hydroxyl groups is 1. The molecule has 84 heavy (non-hydrogen) atoms. The number of fused-ring (bicyclic) bond motifs is 5. The number of benzene rings is 2. The zero-order valence-corrected chi connectivity index (χ0v) is 47.2. The number of carbonyl (C=O) groups is 10. The van der Waals surface area contributed by atoms with Crippen molar-refractivity contribution >= 4 is 69.8 Å². The molecule has 0 unspecified atom stereocenters. The first-order chi connectivity index (χ1) is 40.3. The van der Waals surface area contributed by atoms with Crippen molar-refractivity contribution in [3.05, 3.63) is 109 Å². The van der Waals surface area contributed by atoms with Gasteiger partial charge in [-0.3, -0.25) is 52.8 Å². The second kappa shape index (κ2) is 27.8. The summed E-state index contributed by atoms with van der Waals surface area (Å²) in [5.74, 6) is -5.08. The quantitative estimate of drug-likeness (QED) is 0.0218. The number of pyridine rings is 2. The third-order valence-electron chi connectivity index (χ3n) is 15.5. The predicted octanol–water partition coefficient (Wildman–Crippen LogP) is 2.31. The maximum absolute atomic E-state index is 15.4. The van der Waals surface area contributed by atoms with Gasteiger partial charge in [0.25, 0.3) is 17.4 Å². The van der Waals surface area contributed by atoms with E-state index in [0.717, 1.165) is 16.0 Å². The third-order valence-corrected chi connectivity index (χ3v) is 15.5. The van der Waals surface area contributed by atoms with Crippen LogP contribution >= 0.6 is 0 Å². The van der Waals surface area contributed by atoms with Gasteiger partial charge in [0.2, 0.25) is 29.5 Å². The van der Waals surface area contributed by atoms with Crippen LogP contribution in [0.5, 0.6) is 0 Å². The lowest BCUT2D eigenvalue weighted by atomic mass is 9.81. The van der Waals surface area contributed by atoms with Crippen LogP contribution in [0.1, 0.15) is 123 Å². The van der Waals surface area contributed by atoms with E-state index < -0.39 is 76.1 Å². The predicted molar refractivity (Wildman–Crippen MR) is 299 cm³/mol. The number of imide groups is 1. The Hall–Kier alpha value is -8.35. The largest absolute Gasteiger partial charge is 0.458 e. The summed E-state index contributed by atoms with van der Waals surface area (Å²) in [5.41, 5.74) is 2.56. The molecular formula is C60H69FN8O15. The average Bonchev–Trinajstić information content (AvgIpc) is 1.73. The van der Waals surface area contributed by atoms with Gasteiger partial charge in [-0.1, -0.05) is 37.3 Å². The number of aromatic nitrogens is 2. The normalized spacial score (nSPS) is 16.9. The van der Waals surface area contributed by atoms with Crippen molar-refractivity contribution in [2.75, 3.05) is 52.6 Å². The summed E-state index contributed by atoms with van der Waals surface area (Å²) in [4.78, 5) is 147. The number of ether oxygens (including phenoxy) is 3. The van der Waals surface area contributed by atoms with Crippen molar-refractivity contribution < 1.29 is 71.7 Å². The number of halogens is 1. The van der Waals surface area contributed by atoms with E-state index in [9.17, 15) is 57.8 Å². The fourth-order valence-electron chi connectivity index (χ4n) is 10.8. The molecule has 8 rings (SSSR count). The summed E-state index contributed by atoms with van der Waals surface area (Å²) in [5, 5.41) is 25.8. The van der Waals surface area contributed by atoms with Crippen molar-refractivity contribution in [2.45, 2.75) is 129 Å². The van der Waals surface area contributed by atoms with Crippen LogP contribution in [0.15, 0.2) is 58.9 Å². The molecule has 4 aromatic rings. The number of nitrogens with zero attached hydrogens (tertiary/aromatic N) is 3. The maximum Gasteiger partial charge on any atom is 0.343 e. The molecule has 23 nitrogen and oxygen atoms in total. The monoisotopic (exact) mass is 1160 g/mol. The zero-order chi connectivity index (χ0) is 60.2. The molecule has 0 saturated heterocycles. The lowest BCUT2D eigenvalue weighted by molar-refractivity contribution is -0.172. The minimum atomic E-state index is -2.04. The molecule has 1 aliphatic carbocycles. The fourth-order valence-corrected chi connectivity index (χ4v) is 10.8. The molecular weight excluding hydrogens is 1090 g/mol. The van der Waals surface area contributed by atoms with Crippen LogP contribution in [-0.2, 0) is 93.8 Å². The van der Waals surface area contributed by atoms with E-state index in [4.69, 9.17) is 19.2 Å². The molecule has 2 aromatic carbocycles. The van der Waals surface area contributed by atoms with Gasteiger partial charge in [-0.25, -0.2) is 14.2 Å². The van der Waals surface area contributed by atoms with E-state index in [-0.39, 0.29) is 153 Å². The van der Waals surface area contributed by atoms with Gasteiger partial charge in [0.15, 0.2) is 17.2 Å². The van der Waals surface area contributed by atoms with Gasteiger partial charge in [-0.2, -0.15) is 0 Å². The van der Waals surface area contributed by atoms with Crippen LogP contribution in [-0.4, -0.2) is 137 Å². The Bertz CT molecular complexity index is 3380. The highest BCUT2D eigenvalue weighted by atomic mass is 19.1. The Balaban J connectivity index is 0.735. The summed E-state index contributed by atoms with van der Waals surface area (Å²) >= 11 is 0. The molecule has 0 spiro atoms. The topological polar surface area (TPSA) is 317 Å². The number of nitrogens with one attached hydrogen (secondary N) is 5. The number of cyclic esters (lactones) is 1. The van der Waals surface area contributed by atoms with Gasteiger partial charge in [0.05, 0.1) is 74.1 Å². The van der Waals surface area contributed by atoms with Crippen LogP contribution in [0, 0.1) is 12.7 Å². The SMILES string of the molecule is CC[C@@]1(O)C(=O)OCc2c1cc1n(c2=O)Cc2c-1nc1cc(F)c(C)c3c1c2[C@@H](NC(=O)CCCNC(=O)CCC(=O)[C@H](Cc1ccccc1)NC(=O)CCC(=O)CNC(=O)CCOCCOCCNC(=O)CCN1C(=O)C=C(C)C1=O)CC3. The van der Waals surface area contributed by atoms with Crippen molar-refractivity contribution in [2.24, 2.45) is 0 Å². The Morgan fingerprint density at radius 2 is 1.52 bits per heavy atom. The zero-order valence-electron chi connectivity index (χ0n) is 47.2. The van der Waals surface area contributed by atoms with Crippen molar-refractivity contribution in [3.63, 3.8) is 0 Å². The smallest absolute Gasteiger partial charge is 0.343 e. The number of hydrogen-bond acceptors (Lipinski definition) is 16. The van der Waals surface area contributed by atoms with E-state index in [2.05, 4.69) is 26.6 Å². The molecule has 0 saturated carbocycles. The Labute approximate surface area is 482 Å². The van der Waals surface area contributed by atoms with Gasteiger partial charge < -0.3 is 50.5 Å². The van der Waals surface area contributed by atoms with Crippen LogP contribution in [0.2, 0.25) is 0 Å². The molecule has 446 valence electrons. The first-order valence-corrected chi connectivity index (χ1v) is 28.3. The molecule has 0 fully saturated rings. The number of hydrogen-bond donors (Lipinski definition) is 6. The lowest BCUT2D eigenvalue weighted by Gasteiger charge is -2.31. The molecule has 6 N–H and O–H groups in total. The third kappa shape index (κ3) is 14.5. The standard InChI is InChI=1S/C60H69FN8O15/c1-4-60(81)41-29-46-56-39(32-69(46)58(79)40(41)33-84-59(60)80)55-43(14-13-38-35(3)42(61)30-45(67-56)54(38)55)65-51(75)11-8-20-62-48(72)17-15-47(71)44(28-36-9-6-5-7-10-36)66-52(76)16-12-37(70)31-64-50(74)19-23-82-25-26-83-24-21-63-49(73)18-22-68-53(77)27-34(2)57(68)78/h5-7,9-10,27,29-30,43-44,81H,4,8,11-26,28,31-33H2,1-3H3,(H,62,72)(H,63,73)(H,64,74)(H,65,75)(H,66,76)/t43-,44-,60-/m0/s1. The highest BCUT2D eigenvalue weighted by Gasteiger charge is 2.46. The Morgan fingerprint density at radius 3 is 2.26 bits per heavy atom. The molecule has 3 atom stereocenters. The molecule has 24 heteroatoms. The summed E-state index contributed by atoms with van der Waals surface area (Å²) in [6.45, 7) is 5.19. The average molecular weight is 1160 g/mol. The Kier molecular flexibility index (Phi) is 20.4. The number of rotatable bonds is 30. The first kappa shape index (κ1) is 61.7. The molecule has 4 aliphatic rings. The van der Waals surface area contributed by atoms with E-state index in [1.165, 1.54) is 23.6 Å². The second-order valence-corrected chi connectivity index (χ2v) is 21.2. The minimum absolute atomic E-state index is 0.0189. The minimum Gasteiger partial charge on any atom is -0.458 e. The van der Waals surface area contributed by atoms with Crippen LogP contribution < -0.4 is 32.1 Å². The van der Waals surface area contributed by atoms with Gasteiger partial charge in [0.1, 0.15) is 12.4 Å². The highest BCUT2D eigenvalue weighted by molar-refractivity contribution is 6.16. The van der Waals surface area contributed by atoms with E-state index in [1.54, 1.807) is 50.2 Å². The van der Waals surface area contributed by atoms with Gasteiger partial charge in [0, 0.05) is 98.8 Å². The number of aryl methyl sites for hydroxylation is 1. The number of Topliss-reactive ketones (excluding diaryl/α,β-unsaturated/α-hetero) is 2. The summed E-state index contributed by atoms with van der Waals surface area (Å²) < 4.78 is 32.9. The molecule has 5 heterocycles. The second-order valence-electron chi connectivity index (χ2n) is 21.2. The first-order valence-electron chi connectivity index (χ1n) is 28.3. The van der Waals surface area contributed by atoms with E-state index in [0.29, 0.717) is 57.4 Å². The lowest BCUT2D eigenvalue weighted by Crippen LogP contribution is -2.44.